The van der Waals surface area contributed by atoms with Gasteiger partial charge in [-0.2, -0.15) is 10.2 Å². The Morgan fingerprint density at radius 1 is 1.53 bits per heavy atom. The van der Waals surface area contributed by atoms with Crippen molar-refractivity contribution in [3.63, 3.8) is 0 Å². The molecule has 0 radical (unpaired) electrons. The Morgan fingerprint density at radius 2 is 2.42 bits per heavy atom. The van der Waals surface area contributed by atoms with Crippen molar-refractivity contribution in [2.24, 2.45) is 0 Å². The minimum Gasteiger partial charge on any atom is -0.355 e. The summed E-state index contributed by atoms with van der Waals surface area (Å²) in [6, 6.07) is 5.73. The summed E-state index contributed by atoms with van der Waals surface area (Å²) in [5.41, 5.74) is 0.602. The van der Waals surface area contributed by atoms with Gasteiger partial charge in [-0.25, -0.2) is 4.98 Å². The third-order valence-electron chi connectivity index (χ3n) is 3.29. The van der Waals surface area contributed by atoms with E-state index in [0.29, 0.717) is 17.3 Å². The van der Waals surface area contributed by atoms with Gasteiger partial charge in [-0.3, -0.25) is 0 Å². The van der Waals surface area contributed by atoms with Gasteiger partial charge in [0.2, 0.25) is 5.89 Å². The van der Waals surface area contributed by atoms with Crippen LogP contribution in [-0.4, -0.2) is 28.2 Å². The predicted octanol–water partition coefficient (Wildman–Crippen LogP) is 1.64. The van der Waals surface area contributed by atoms with Crippen LogP contribution in [0.5, 0.6) is 0 Å². The number of aromatic nitrogens is 3. The molecular formula is C13H13N5O. The summed E-state index contributed by atoms with van der Waals surface area (Å²) in [7, 11) is 0. The molecule has 6 nitrogen and oxygen atoms in total. The summed E-state index contributed by atoms with van der Waals surface area (Å²) >= 11 is 0. The maximum absolute atomic E-state index is 9.11. The Hall–Kier alpha value is -2.42. The lowest BCUT2D eigenvalue weighted by Crippen LogP contribution is -2.21. The van der Waals surface area contributed by atoms with Gasteiger partial charge in [-0.05, 0) is 25.5 Å². The number of nitrogens with zero attached hydrogens (tertiary/aromatic N) is 5. The van der Waals surface area contributed by atoms with Crippen molar-refractivity contribution in [1.29, 1.82) is 5.26 Å². The van der Waals surface area contributed by atoms with Crippen LogP contribution in [0.2, 0.25) is 0 Å². The maximum Gasteiger partial charge on any atom is 0.231 e. The quantitative estimate of drug-likeness (QED) is 0.811. The molecule has 3 rings (SSSR count). The Bertz CT molecular complexity index is 630. The molecule has 1 aliphatic rings. The van der Waals surface area contributed by atoms with Crippen LogP contribution in [0, 0.1) is 18.3 Å². The molecular weight excluding hydrogens is 242 g/mol. The van der Waals surface area contributed by atoms with Crippen LogP contribution in [0.15, 0.2) is 22.9 Å². The molecule has 1 fully saturated rings. The molecule has 2 aromatic rings. The minimum atomic E-state index is 0.217. The summed E-state index contributed by atoms with van der Waals surface area (Å²) < 4.78 is 5.22. The van der Waals surface area contributed by atoms with Crippen molar-refractivity contribution < 1.29 is 4.52 Å². The summed E-state index contributed by atoms with van der Waals surface area (Å²) in [5, 5.41) is 12.9. The predicted molar refractivity (Wildman–Crippen MR) is 67.6 cm³/mol. The number of anilines is 1. The molecule has 0 spiro atoms. The Kier molecular flexibility index (Phi) is 2.88. The van der Waals surface area contributed by atoms with Crippen LogP contribution < -0.4 is 4.90 Å². The highest BCUT2D eigenvalue weighted by Crippen LogP contribution is 2.30. The van der Waals surface area contributed by atoms with E-state index in [1.54, 1.807) is 18.3 Å². The first kappa shape index (κ1) is 11.7. The fourth-order valence-electron chi connectivity index (χ4n) is 2.37. The van der Waals surface area contributed by atoms with Gasteiger partial charge < -0.3 is 9.42 Å². The summed E-state index contributed by atoms with van der Waals surface area (Å²) in [6.45, 7) is 3.41. The molecule has 3 heterocycles. The number of nitriles is 1. The van der Waals surface area contributed by atoms with Gasteiger partial charge in [0.25, 0.3) is 0 Å². The zero-order valence-electron chi connectivity index (χ0n) is 10.6. The van der Waals surface area contributed by atoms with Crippen LogP contribution in [0.3, 0.4) is 0 Å². The first-order valence-corrected chi connectivity index (χ1v) is 6.18. The Labute approximate surface area is 110 Å². The smallest absolute Gasteiger partial charge is 0.231 e. The van der Waals surface area contributed by atoms with Gasteiger partial charge in [0.05, 0.1) is 11.5 Å². The molecule has 1 saturated heterocycles. The van der Waals surface area contributed by atoms with E-state index in [1.165, 1.54) is 0 Å². The van der Waals surface area contributed by atoms with Crippen LogP contribution in [0.25, 0.3) is 0 Å². The molecule has 1 aliphatic heterocycles. The summed E-state index contributed by atoms with van der Waals surface area (Å²) in [4.78, 5) is 10.7. The largest absolute Gasteiger partial charge is 0.355 e. The molecule has 0 N–H and O–H groups in total. The lowest BCUT2D eigenvalue weighted by molar-refractivity contribution is 0.356. The molecule has 0 amide bonds. The monoisotopic (exact) mass is 255 g/mol. The third kappa shape index (κ3) is 2.15. The molecule has 0 aromatic carbocycles. The number of hydrogen-bond donors (Lipinski definition) is 0. The lowest BCUT2D eigenvalue weighted by Gasteiger charge is -2.17. The molecule has 1 atom stereocenters. The lowest BCUT2D eigenvalue weighted by atomic mass is 10.1. The molecule has 0 saturated carbocycles. The first-order valence-electron chi connectivity index (χ1n) is 6.18. The highest BCUT2D eigenvalue weighted by Gasteiger charge is 2.29. The van der Waals surface area contributed by atoms with Crippen LogP contribution in [0.1, 0.15) is 29.6 Å². The molecule has 6 heteroatoms. The van der Waals surface area contributed by atoms with E-state index in [0.717, 1.165) is 25.3 Å². The van der Waals surface area contributed by atoms with Crippen LogP contribution in [0.4, 0.5) is 5.82 Å². The standard InChI is InChI=1S/C13H13N5O/c1-9-16-13(19-17-9)11-4-6-18(8-11)12-10(7-14)3-2-5-15-12/h2-3,5,11H,4,6,8H2,1H3/t11-/m0/s1. The van der Waals surface area contributed by atoms with Crippen molar-refractivity contribution >= 4 is 5.82 Å². The van der Waals surface area contributed by atoms with Crippen LogP contribution >= 0.6 is 0 Å². The molecule has 0 bridgehead atoms. The molecule has 19 heavy (non-hydrogen) atoms. The van der Waals surface area contributed by atoms with Crippen molar-refractivity contribution in [3.8, 4) is 6.07 Å². The van der Waals surface area contributed by atoms with Crippen molar-refractivity contribution in [1.82, 2.24) is 15.1 Å². The minimum absolute atomic E-state index is 0.217. The van der Waals surface area contributed by atoms with Crippen molar-refractivity contribution in [3.05, 3.63) is 35.6 Å². The highest BCUT2D eigenvalue weighted by atomic mass is 16.5. The first-order chi connectivity index (χ1) is 9.28. The molecule has 96 valence electrons. The van der Waals surface area contributed by atoms with Gasteiger partial charge in [-0.1, -0.05) is 5.16 Å². The van der Waals surface area contributed by atoms with E-state index in [1.807, 2.05) is 6.92 Å². The van der Waals surface area contributed by atoms with Gasteiger partial charge in [0.15, 0.2) is 5.82 Å². The third-order valence-corrected chi connectivity index (χ3v) is 3.29. The van der Waals surface area contributed by atoms with Crippen molar-refractivity contribution in [2.45, 2.75) is 19.3 Å². The van der Waals surface area contributed by atoms with Gasteiger partial charge in [0, 0.05) is 19.3 Å². The molecule has 0 unspecified atom stereocenters. The topological polar surface area (TPSA) is 78.8 Å². The molecule has 2 aromatic heterocycles. The number of aryl methyl sites for hydroxylation is 1. The van der Waals surface area contributed by atoms with E-state index in [-0.39, 0.29) is 5.92 Å². The average molecular weight is 255 g/mol. The number of pyridine rings is 1. The van der Waals surface area contributed by atoms with Gasteiger partial charge in [0.1, 0.15) is 11.9 Å². The van der Waals surface area contributed by atoms with E-state index in [2.05, 4.69) is 26.1 Å². The zero-order valence-corrected chi connectivity index (χ0v) is 10.6. The Balaban J connectivity index is 1.81. The number of rotatable bonds is 2. The zero-order chi connectivity index (χ0) is 13.2. The SMILES string of the molecule is Cc1noc([C@H]2CCN(c3ncccc3C#N)C2)n1. The number of hydrogen-bond acceptors (Lipinski definition) is 6. The Morgan fingerprint density at radius 3 is 3.16 bits per heavy atom. The normalized spacial score (nSPS) is 18.5. The van der Waals surface area contributed by atoms with E-state index in [9.17, 15) is 0 Å². The van der Waals surface area contributed by atoms with E-state index >= 15 is 0 Å². The maximum atomic E-state index is 9.11. The second-order valence-corrected chi connectivity index (χ2v) is 4.60. The summed E-state index contributed by atoms with van der Waals surface area (Å²) in [6.07, 6.45) is 2.64. The fourth-order valence-corrected chi connectivity index (χ4v) is 2.37. The van der Waals surface area contributed by atoms with Gasteiger partial charge >= 0.3 is 0 Å². The fraction of sp³-hybridized carbons (Fsp3) is 0.385. The summed E-state index contributed by atoms with van der Waals surface area (Å²) in [5.74, 6) is 2.29. The van der Waals surface area contributed by atoms with Gasteiger partial charge in [-0.15, -0.1) is 0 Å². The van der Waals surface area contributed by atoms with E-state index < -0.39 is 0 Å². The average Bonchev–Trinajstić information content (AvgIpc) is 3.07. The van der Waals surface area contributed by atoms with E-state index in [4.69, 9.17) is 9.78 Å². The highest BCUT2D eigenvalue weighted by molar-refractivity contribution is 5.54. The second-order valence-electron chi connectivity index (χ2n) is 4.60. The van der Waals surface area contributed by atoms with Crippen LogP contribution in [-0.2, 0) is 0 Å². The molecule has 0 aliphatic carbocycles. The van der Waals surface area contributed by atoms with Crippen molar-refractivity contribution in [2.75, 3.05) is 18.0 Å². The second kappa shape index (κ2) is 4.69.